The highest BCUT2D eigenvalue weighted by atomic mass is 16.5. The van der Waals surface area contributed by atoms with Crippen molar-refractivity contribution in [3.8, 4) is 0 Å². The van der Waals surface area contributed by atoms with Crippen molar-refractivity contribution in [2.45, 2.75) is 20.3 Å². The number of carboxylic acids is 1. The molecule has 0 aliphatic heterocycles. The molecule has 4 unspecified atom stereocenters. The van der Waals surface area contributed by atoms with E-state index in [9.17, 15) is 14.7 Å². The molecule has 1 fully saturated rings. The predicted molar refractivity (Wildman–Crippen MR) is 56.6 cm³/mol. The molecule has 0 heterocycles. The summed E-state index contributed by atoms with van der Waals surface area (Å²) in [5, 5.41) is 9.22. The van der Waals surface area contributed by atoms with Crippen molar-refractivity contribution in [3.05, 3.63) is 11.1 Å². The quantitative estimate of drug-likeness (QED) is 0.569. The van der Waals surface area contributed by atoms with Crippen molar-refractivity contribution in [2.75, 3.05) is 7.11 Å². The Bertz CT molecular complexity index is 382. The minimum atomic E-state index is -0.880. The van der Waals surface area contributed by atoms with E-state index in [0.29, 0.717) is 0 Å². The molecule has 88 valence electrons. The number of ether oxygens (including phenoxy) is 1. The third-order valence-electron chi connectivity index (χ3n) is 4.25. The van der Waals surface area contributed by atoms with Crippen LogP contribution in [0, 0.1) is 23.7 Å². The summed E-state index contributed by atoms with van der Waals surface area (Å²) < 4.78 is 4.73. The fourth-order valence-corrected chi connectivity index (χ4v) is 3.32. The third kappa shape index (κ3) is 1.29. The van der Waals surface area contributed by atoms with Crippen LogP contribution in [0.1, 0.15) is 20.3 Å². The monoisotopic (exact) mass is 224 g/mol. The molecule has 1 saturated carbocycles. The van der Waals surface area contributed by atoms with E-state index in [-0.39, 0.29) is 17.8 Å². The summed E-state index contributed by atoms with van der Waals surface area (Å²) in [5.41, 5.74) is 2.33. The molecule has 16 heavy (non-hydrogen) atoms. The van der Waals surface area contributed by atoms with E-state index >= 15 is 0 Å². The molecular weight excluding hydrogens is 208 g/mol. The zero-order chi connectivity index (χ0) is 12.0. The van der Waals surface area contributed by atoms with E-state index in [1.165, 1.54) is 12.7 Å². The van der Waals surface area contributed by atoms with E-state index in [1.807, 2.05) is 13.8 Å². The van der Waals surface area contributed by atoms with Gasteiger partial charge in [0.15, 0.2) is 0 Å². The van der Waals surface area contributed by atoms with Gasteiger partial charge in [0, 0.05) is 0 Å². The lowest BCUT2D eigenvalue weighted by molar-refractivity contribution is -0.156. The van der Waals surface area contributed by atoms with Crippen LogP contribution >= 0.6 is 0 Å². The average molecular weight is 224 g/mol. The summed E-state index contributed by atoms with van der Waals surface area (Å²) in [4.78, 5) is 22.9. The fourth-order valence-electron chi connectivity index (χ4n) is 3.32. The normalized spacial score (nSPS) is 36.7. The lowest BCUT2D eigenvalue weighted by Crippen LogP contribution is -2.36. The summed E-state index contributed by atoms with van der Waals surface area (Å²) in [7, 11) is 1.32. The Hall–Kier alpha value is -1.32. The molecule has 4 nitrogen and oxygen atoms in total. The minimum Gasteiger partial charge on any atom is -0.481 e. The first kappa shape index (κ1) is 11.2. The average Bonchev–Trinajstić information content (AvgIpc) is 2.76. The van der Waals surface area contributed by atoms with Gasteiger partial charge in [-0.25, -0.2) is 0 Å². The van der Waals surface area contributed by atoms with Crippen LogP contribution in [0.3, 0.4) is 0 Å². The summed E-state index contributed by atoms with van der Waals surface area (Å²) in [6, 6.07) is 0. The second-order valence-electron chi connectivity index (χ2n) is 4.73. The highest BCUT2D eigenvalue weighted by molar-refractivity contribution is 5.84. The Morgan fingerprint density at radius 2 is 1.69 bits per heavy atom. The Morgan fingerprint density at radius 1 is 1.19 bits per heavy atom. The molecule has 2 rings (SSSR count). The van der Waals surface area contributed by atoms with Crippen LogP contribution in [0.2, 0.25) is 0 Å². The highest BCUT2D eigenvalue weighted by Crippen LogP contribution is 2.55. The highest BCUT2D eigenvalue weighted by Gasteiger charge is 2.56. The van der Waals surface area contributed by atoms with Gasteiger partial charge in [-0.3, -0.25) is 9.59 Å². The molecule has 0 aromatic rings. The molecule has 2 aliphatic carbocycles. The Morgan fingerprint density at radius 3 is 2.12 bits per heavy atom. The largest absolute Gasteiger partial charge is 0.481 e. The molecule has 0 aromatic heterocycles. The van der Waals surface area contributed by atoms with Gasteiger partial charge in [0.1, 0.15) is 0 Å². The van der Waals surface area contributed by atoms with Crippen LogP contribution in [0.25, 0.3) is 0 Å². The number of carboxylic acid groups (broad SMARTS) is 1. The van der Waals surface area contributed by atoms with Crippen molar-refractivity contribution in [1.29, 1.82) is 0 Å². The van der Waals surface area contributed by atoms with Gasteiger partial charge in [-0.1, -0.05) is 11.1 Å². The molecule has 2 bridgehead atoms. The topological polar surface area (TPSA) is 63.6 Å². The fraction of sp³-hybridized carbons (Fsp3) is 0.667. The van der Waals surface area contributed by atoms with Gasteiger partial charge in [0.2, 0.25) is 0 Å². The second kappa shape index (κ2) is 3.61. The summed E-state index contributed by atoms with van der Waals surface area (Å²) in [5.74, 6) is -2.26. The van der Waals surface area contributed by atoms with Crippen molar-refractivity contribution in [1.82, 2.24) is 0 Å². The van der Waals surface area contributed by atoms with Crippen LogP contribution in [-0.2, 0) is 14.3 Å². The lowest BCUT2D eigenvalue weighted by atomic mass is 9.76. The van der Waals surface area contributed by atoms with Gasteiger partial charge in [0.25, 0.3) is 0 Å². The van der Waals surface area contributed by atoms with Gasteiger partial charge < -0.3 is 9.84 Å². The van der Waals surface area contributed by atoms with Gasteiger partial charge in [0.05, 0.1) is 18.9 Å². The van der Waals surface area contributed by atoms with Crippen LogP contribution in [0.15, 0.2) is 11.1 Å². The molecule has 0 radical (unpaired) electrons. The van der Waals surface area contributed by atoms with E-state index < -0.39 is 17.8 Å². The summed E-state index contributed by atoms with van der Waals surface area (Å²) in [6.45, 7) is 3.97. The first-order chi connectivity index (χ1) is 7.49. The van der Waals surface area contributed by atoms with E-state index in [2.05, 4.69) is 0 Å². The molecule has 0 aromatic carbocycles. The van der Waals surface area contributed by atoms with Gasteiger partial charge in [-0.05, 0) is 32.1 Å². The molecule has 2 aliphatic rings. The lowest BCUT2D eigenvalue weighted by Gasteiger charge is -2.27. The van der Waals surface area contributed by atoms with Gasteiger partial charge in [-0.15, -0.1) is 0 Å². The number of esters is 1. The third-order valence-corrected chi connectivity index (χ3v) is 4.25. The van der Waals surface area contributed by atoms with Crippen LogP contribution < -0.4 is 0 Å². The number of aliphatic carboxylic acids is 1. The SMILES string of the molecule is COC(=O)C1C2CC(C(C)=C2C)C1C(=O)O. The van der Waals surface area contributed by atoms with E-state index in [0.717, 1.165) is 12.0 Å². The molecule has 1 N–H and O–H groups in total. The molecule has 4 atom stereocenters. The number of carbonyl (C=O) groups excluding carboxylic acids is 1. The zero-order valence-corrected chi connectivity index (χ0v) is 9.69. The number of hydrogen-bond acceptors (Lipinski definition) is 3. The van der Waals surface area contributed by atoms with Crippen LogP contribution in [-0.4, -0.2) is 24.2 Å². The molecule has 4 heteroatoms. The number of allylic oxidation sites excluding steroid dienone is 2. The number of carbonyl (C=O) groups is 2. The van der Waals surface area contributed by atoms with E-state index in [4.69, 9.17) is 4.74 Å². The maximum atomic E-state index is 11.7. The second-order valence-corrected chi connectivity index (χ2v) is 4.73. The maximum Gasteiger partial charge on any atom is 0.310 e. The Labute approximate surface area is 94.3 Å². The maximum absolute atomic E-state index is 11.7. The summed E-state index contributed by atoms with van der Waals surface area (Å²) >= 11 is 0. The number of hydrogen-bond donors (Lipinski definition) is 1. The molecule has 0 saturated heterocycles. The zero-order valence-electron chi connectivity index (χ0n) is 9.69. The van der Waals surface area contributed by atoms with Gasteiger partial charge in [-0.2, -0.15) is 0 Å². The predicted octanol–water partition coefficient (Wildman–Crippen LogP) is 1.46. The first-order valence-electron chi connectivity index (χ1n) is 5.47. The molecular formula is C12H16O4. The van der Waals surface area contributed by atoms with Gasteiger partial charge >= 0.3 is 11.9 Å². The smallest absolute Gasteiger partial charge is 0.310 e. The number of methoxy groups -OCH3 is 1. The minimum absolute atomic E-state index is 0.0200. The van der Waals surface area contributed by atoms with Crippen LogP contribution in [0.4, 0.5) is 0 Å². The number of rotatable bonds is 2. The Balaban J connectivity index is 2.39. The Kier molecular flexibility index (Phi) is 2.52. The standard InChI is InChI=1S/C12H16O4/c1-5-6(2)8-4-7(5)9(11(13)14)10(8)12(15)16-3/h7-10H,4H2,1-3H3,(H,13,14). The molecule has 0 spiro atoms. The summed E-state index contributed by atoms with van der Waals surface area (Å²) in [6.07, 6.45) is 0.786. The molecule has 0 amide bonds. The van der Waals surface area contributed by atoms with Crippen molar-refractivity contribution in [3.63, 3.8) is 0 Å². The first-order valence-corrected chi connectivity index (χ1v) is 5.47. The van der Waals surface area contributed by atoms with Crippen molar-refractivity contribution >= 4 is 11.9 Å². The number of fused-ring (bicyclic) bond motifs is 2. The van der Waals surface area contributed by atoms with Crippen molar-refractivity contribution < 1.29 is 19.4 Å². The van der Waals surface area contributed by atoms with Crippen LogP contribution in [0.5, 0.6) is 0 Å². The van der Waals surface area contributed by atoms with E-state index in [1.54, 1.807) is 0 Å². The van der Waals surface area contributed by atoms with Crippen molar-refractivity contribution in [2.24, 2.45) is 23.7 Å².